The van der Waals surface area contributed by atoms with Gasteiger partial charge in [-0.1, -0.05) is 53.5 Å². The summed E-state index contributed by atoms with van der Waals surface area (Å²) in [6, 6.07) is 15.7. The van der Waals surface area contributed by atoms with Crippen molar-refractivity contribution < 1.29 is 0 Å². The molecule has 0 aliphatic rings. The second-order valence-electron chi connectivity index (χ2n) is 5.62. The van der Waals surface area contributed by atoms with Gasteiger partial charge in [-0.15, -0.1) is 0 Å². The summed E-state index contributed by atoms with van der Waals surface area (Å²) in [6.07, 6.45) is 1.81. The smallest absolute Gasteiger partial charge is 0.138 e. The highest BCUT2D eigenvalue weighted by Gasteiger charge is 2.09. The number of hydrogen-bond donors (Lipinski definition) is 1. The number of benzene rings is 2. The van der Waals surface area contributed by atoms with Gasteiger partial charge in [0.1, 0.15) is 5.82 Å². The van der Waals surface area contributed by atoms with Crippen molar-refractivity contribution in [3.8, 4) is 22.6 Å². The minimum absolute atomic E-state index is 0.503. The quantitative estimate of drug-likeness (QED) is 0.486. The van der Waals surface area contributed by atoms with Gasteiger partial charge in [-0.3, -0.25) is 4.98 Å². The van der Waals surface area contributed by atoms with Gasteiger partial charge in [-0.2, -0.15) is 0 Å². The first-order chi connectivity index (χ1) is 11.6. The molecule has 0 bridgehead atoms. The van der Waals surface area contributed by atoms with Crippen molar-refractivity contribution in [3.63, 3.8) is 0 Å². The zero-order chi connectivity index (χ0) is 16.7. The summed E-state index contributed by atoms with van der Waals surface area (Å²) in [7, 11) is 0. The fraction of sp³-hybridized carbons (Fsp3) is 0.0526. The normalized spacial score (nSPS) is 11.1. The molecule has 0 spiro atoms. The van der Waals surface area contributed by atoms with Crippen LogP contribution < -0.4 is 0 Å². The summed E-state index contributed by atoms with van der Waals surface area (Å²) >= 11 is 12.1. The molecule has 24 heavy (non-hydrogen) atoms. The molecule has 118 valence electrons. The van der Waals surface area contributed by atoms with Crippen molar-refractivity contribution in [2.45, 2.75) is 6.92 Å². The zero-order valence-electron chi connectivity index (χ0n) is 12.8. The summed E-state index contributed by atoms with van der Waals surface area (Å²) in [4.78, 5) is 12.3. The molecule has 0 amide bonds. The molecule has 2 heterocycles. The molecule has 4 aromatic rings. The van der Waals surface area contributed by atoms with E-state index < -0.39 is 0 Å². The highest BCUT2D eigenvalue weighted by atomic mass is 35.5. The van der Waals surface area contributed by atoms with Crippen molar-refractivity contribution in [3.05, 3.63) is 70.3 Å². The van der Waals surface area contributed by atoms with E-state index in [1.807, 2.05) is 24.4 Å². The molecule has 0 aliphatic carbocycles. The van der Waals surface area contributed by atoms with Crippen LogP contribution in [0.25, 0.3) is 33.7 Å². The van der Waals surface area contributed by atoms with Crippen LogP contribution in [0.15, 0.2) is 54.7 Å². The molecule has 0 saturated heterocycles. The van der Waals surface area contributed by atoms with Crippen LogP contribution in [0.4, 0.5) is 0 Å². The zero-order valence-corrected chi connectivity index (χ0v) is 14.4. The van der Waals surface area contributed by atoms with Gasteiger partial charge in [0, 0.05) is 17.3 Å². The topological polar surface area (TPSA) is 41.6 Å². The number of pyridine rings is 1. The van der Waals surface area contributed by atoms with Gasteiger partial charge in [0.05, 0.1) is 26.8 Å². The number of fused-ring (bicyclic) bond motifs is 1. The Kier molecular flexibility index (Phi) is 3.75. The Morgan fingerprint density at radius 1 is 0.917 bits per heavy atom. The van der Waals surface area contributed by atoms with Gasteiger partial charge in [0.2, 0.25) is 0 Å². The molecular formula is C19H13Cl2N3. The number of rotatable bonds is 2. The first-order valence-electron chi connectivity index (χ1n) is 7.49. The molecule has 3 nitrogen and oxygen atoms in total. The van der Waals surface area contributed by atoms with Crippen LogP contribution in [0.1, 0.15) is 5.56 Å². The number of aryl methyl sites for hydroxylation is 1. The first-order valence-corrected chi connectivity index (χ1v) is 8.24. The lowest BCUT2D eigenvalue weighted by Crippen LogP contribution is -1.87. The Hall–Kier alpha value is -2.36. The molecule has 0 saturated carbocycles. The van der Waals surface area contributed by atoms with Crippen molar-refractivity contribution >= 4 is 34.2 Å². The lowest BCUT2D eigenvalue weighted by atomic mass is 10.0. The molecule has 0 aliphatic heterocycles. The third-order valence-electron chi connectivity index (χ3n) is 3.97. The van der Waals surface area contributed by atoms with Gasteiger partial charge in [-0.25, -0.2) is 4.98 Å². The van der Waals surface area contributed by atoms with Crippen LogP contribution in [0.2, 0.25) is 10.0 Å². The molecular weight excluding hydrogens is 341 g/mol. The largest absolute Gasteiger partial charge is 0.338 e. The number of aromatic nitrogens is 3. The van der Waals surface area contributed by atoms with Crippen LogP contribution >= 0.6 is 23.2 Å². The SMILES string of the molecule is Cc1cccnc1-c1ccc(-c2nc3cc(Cl)c(Cl)cc3[nH]2)cc1. The van der Waals surface area contributed by atoms with Gasteiger partial charge >= 0.3 is 0 Å². The van der Waals surface area contributed by atoms with E-state index in [1.54, 1.807) is 12.1 Å². The molecule has 2 aromatic carbocycles. The number of hydrogen-bond acceptors (Lipinski definition) is 2. The third kappa shape index (κ3) is 2.66. The summed E-state index contributed by atoms with van der Waals surface area (Å²) < 4.78 is 0. The number of imidazole rings is 1. The molecule has 0 radical (unpaired) electrons. The predicted octanol–water partition coefficient (Wildman–Crippen LogP) is 5.91. The predicted molar refractivity (Wildman–Crippen MR) is 99.5 cm³/mol. The van der Waals surface area contributed by atoms with Crippen LogP contribution in [-0.4, -0.2) is 15.0 Å². The maximum absolute atomic E-state index is 6.06. The molecule has 0 unspecified atom stereocenters. The fourth-order valence-corrected chi connectivity index (χ4v) is 3.04. The van der Waals surface area contributed by atoms with Gasteiger partial charge in [-0.05, 0) is 30.7 Å². The Morgan fingerprint density at radius 3 is 2.38 bits per heavy atom. The Bertz CT molecular complexity index is 997. The van der Waals surface area contributed by atoms with E-state index in [2.05, 4.69) is 40.1 Å². The summed E-state index contributed by atoms with van der Waals surface area (Å²) in [5.74, 6) is 0.785. The molecule has 0 atom stereocenters. The third-order valence-corrected chi connectivity index (χ3v) is 4.69. The summed E-state index contributed by atoms with van der Waals surface area (Å²) in [5, 5.41) is 1.02. The second kappa shape index (κ2) is 5.93. The van der Waals surface area contributed by atoms with E-state index in [-0.39, 0.29) is 0 Å². The van der Waals surface area contributed by atoms with E-state index in [4.69, 9.17) is 23.2 Å². The van der Waals surface area contributed by atoms with E-state index >= 15 is 0 Å². The van der Waals surface area contributed by atoms with Crippen LogP contribution in [0.5, 0.6) is 0 Å². The average molecular weight is 354 g/mol. The van der Waals surface area contributed by atoms with Crippen LogP contribution in [-0.2, 0) is 0 Å². The molecule has 4 rings (SSSR count). The first kappa shape index (κ1) is 15.2. The number of H-pyrrole nitrogens is 1. The minimum atomic E-state index is 0.503. The van der Waals surface area contributed by atoms with E-state index in [1.165, 1.54) is 0 Å². The molecule has 5 heteroatoms. The number of nitrogens with one attached hydrogen (secondary N) is 1. The number of halogens is 2. The second-order valence-corrected chi connectivity index (χ2v) is 6.43. The van der Waals surface area contributed by atoms with E-state index in [9.17, 15) is 0 Å². The lowest BCUT2D eigenvalue weighted by molar-refractivity contribution is 1.27. The van der Waals surface area contributed by atoms with Crippen molar-refractivity contribution in [1.82, 2.24) is 15.0 Å². The van der Waals surface area contributed by atoms with Crippen LogP contribution in [0.3, 0.4) is 0 Å². The Morgan fingerprint density at radius 2 is 1.62 bits per heavy atom. The molecule has 0 fully saturated rings. The standard InChI is InChI=1S/C19H13Cl2N3/c1-11-3-2-8-22-18(11)12-4-6-13(7-5-12)19-23-16-9-14(20)15(21)10-17(16)24-19/h2-10H,1H3,(H,23,24). The van der Waals surface area contributed by atoms with Crippen LogP contribution in [0, 0.1) is 6.92 Å². The maximum atomic E-state index is 6.06. The van der Waals surface area contributed by atoms with Gasteiger partial charge in [0.15, 0.2) is 0 Å². The summed E-state index contributed by atoms with van der Waals surface area (Å²) in [6.45, 7) is 2.06. The van der Waals surface area contributed by atoms with Gasteiger partial charge < -0.3 is 4.98 Å². The number of aromatic amines is 1. The van der Waals surface area contributed by atoms with Gasteiger partial charge in [0.25, 0.3) is 0 Å². The molecule has 2 aromatic heterocycles. The monoisotopic (exact) mass is 353 g/mol. The maximum Gasteiger partial charge on any atom is 0.138 e. The minimum Gasteiger partial charge on any atom is -0.338 e. The van der Waals surface area contributed by atoms with Crippen molar-refractivity contribution in [2.24, 2.45) is 0 Å². The van der Waals surface area contributed by atoms with E-state index in [0.29, 0.717) is 10.0 Å². The molecule has 1 N–H and O–H groups in total. The Labute approximate surface area is 149 Å². The highest BCUT2D eigenvalue weighted by Crippen LogP contribution is 2.29. The number of nitrogens with zero attached hydrogens (tertiary/aromatic N) is 2. The van der Waals surface area contributed by atoms with Crippen molar-refractivity contribution in [2.75, 3.05) is 0 Å². The summed E-state index contributed by atoms with van der Waals surface area (Å²) in [5.41, 5.74) is 5.88. The Balaban J connectivity index is 1.74. The van der Waals surface area contributed by atoms with Crippen molar-refractivity contribution in [1.29, 1.82) is 0 Å². The lowest BCUT2D eigenvalue weighted by Gasteiger charge is -2.05. The average Bonchev–Trinajstić information content (AvgIpc) is 2.99. The van der Waals surface area contributed by atoms with E-state index in [0.717, 1.165) is 39.2 Å². The highest BCUT2D eigenvalue weighted by molar-refractivity contribution is 6.42. The fourth-order valence-electron chi connectivity index (χ4n) is 2.72.